The highest BCUT2D eigenvalue weighted by atomic mass is 16.5. The van der Waals surface area contributed by atoms with Crippen LogP contribution in [-0.4, -0.2) is 30.7 Å². The van der Waals surface area contributed by atoms with E-state index in [-0.39, 0.29) is 11.9 Å². The van der Waals surface area contributed by atoms with Crippen LogP contribution < -0.4 is 10.1 Å². The maximum atomic E-state index is 12.3. The first kappa shape index (κ1) is 22.8. The minimum Gasteiger partial charge on any atom is -0.494 e. The summed E-state index contributed by atoms with van der Waals surface area (Å²) >= 11 is 0. The first-order valence-electron chi connectivity index (χ1n) is 11.8. The summed E-state index contributed by atoms with van der Waals surface area (Å²) in [5.74, 6) is 1.78. The van der Waals surface area contributed by atoms with E-state index in [0.717, 1.165) is 37.4 Å². The molecule has 0 fully saturated rings. The van der Waals surface area contributed by atoms with Crippen LogP contribution in [0.2, 0.25) is 0 Å². The summed E-state index contributed by atoms with van der Waals surface area (Å²) in [5.41, 5.74) is 6.41. The third-order valence-electron chi connectivity index (χ3n) is 6.18. The standard InChI is InChI=1S/C28H32N2O3/c1-3-32-28(31)19-23-16-21-11-12-24(33-15-7-14-30-27-10-4-5-13-29-27)17-22(21)18-26-20(2)8-6-9-25(23)26/h4-6,8-13,17,23H,3,7,14-16,18-19H2,1-2H3,(H,29,30). The number of fused-ring (bicyclic) bond motifs is 2. The van der Waals surface area contributed by atoms with Crippen LogP contribution in [0, 0.1) is 6.92 Å². The smallest absolute Gasteiger partial charge is 0.306 e. The summed E-state index contributed by atoms with van der Waals surface area (Å²) in [6.07, 6.45) is 4.77. The molecule has 3 aromatic rings. The van der Waals surface area contributed by atoms with E-state index in [1.54, 1.807) is 6.20 Å². The van der Waals surface area contributed by atoms with Gasteiger partial charge in [-0.15, -0.1) is 0 Å². The normalized spacial score (nSPS) is 14.5. The largest absolute Gasteiger partial charge is 0.494 e. The first-order chi connectivity index (χ1) is 16.1. The highest BCUT2D eigenvalue weighted by Gasteiger charge is 2.26. The van der Waals surface area contributed by atoms with Gasteiger partial charge in [-0.2, -0.15) is 0 Å². The first-order valence-corrected chi connectivity index (χ1v) is 11.8. The molecule has 4 rings (SSSR count). The number of ether oxygens (including phenoxy) is 2. The Morgan fingerprint density at radius 2 is 2.03 bits per heavy atom. The van der Waals surface area contributed by atoms with Crippen molar-refractivity contribution < 1.29 is 14.3 Å². The molecule has 0 saturated heterocycles. The second-order valence-corrected chi connectivity index (χ2v) is 8.50. The van der Waals surface area contributed by atoms with Crippen molar-refractivity contribution >= 4 is 11.8 Å². The lowest BCUT2D eigenvalue weighted by Gasteiger charge is -2.18. The zero-order valence-electron chi connectivity index (χ0n) is 19.5. The van der Waals surface area contributed by atoms with Gasteiger partial charge in [0.1, 0.15) is 11.6 Å². The molecule has 1 atom stereocenters. The minimum atomic E-state index is -0.127. The van der Waals surface area contributed by atoms with E-state index in [2.05, 4.69) is 53.6 Å². The summed E-state index contributed by atoms with van der Waals surface area (Å²) in [6.45, 7) is 5.87. The van der Waals surface area contributed by atoms with Gasteiger partial charge in [0.15, 0.2) is 0 Å². The highest BCUT2D eigenvalue weighted by Crippen LogP contribution is 2.36. The predicted molar refractivity (Wildman–Crippen MR) is 131 cm³/mol. The van der Waals surface area contributed by atoms with Crippen molar-refractivity contribution in [1.82, 2.24) is 4.98 Å². The van der Waals surface area contributed by atoms with Crippen LogP contribution in [0.3, 0.4) is 0 Å². The average molecular weight is 445 g/mol. The number of carbonyl (C=O) groups is 1. The molecular weight excluding hydrogens is 412 g/mol. The van der Waals surface area contributed by atoms with Gasteiger partial charge in [0.05, 0.1) is 19.6 Å². The Morgan fingerprint density at radius 1 is 1.12 bits per heavy atom. The number of nitrogens with one attached hydrogen (secondary N) is 1. The predicted octanol–water partition coefficient (Wildman–Crippen LogP) is 5.45. The van der Waals surface area contributed by atoms with Crippen molar-refractivity contribution in [2.75, 3.05) is 25.1 Å². The summed E-state index contributed by atoms with van der Waals surface area (Å²) in [5, 5.41) is 3.31. The van der Waals surface area contributed by atoms with Gasteiger partial charge in [0.25, 0.3) is 0 Å². The molecule has 5 nitrogen and oxygen atoms in total. The molecule has 1 aliphatic carbocycles. The third kappa shape index (κ3) is 5.92. The molecule has 0 aliphatic heterocycles. The lowest BCUT2D eigenvalue weighted by Crippen LogP contribution is -2.13. The number of nitrogens with zero attached hydrogens (tertiary/aromatic N) is 1. The molecule has 1 unspecified atom stereocenters. The van der Waals surface area contributed by atoms with E-state index in [4.69, 9.17) is 9.47 Å². The van der Waals surface area contributed by atoms with Crippen molar-refractivity contribution in [2.45, 2.75) is 45.4 Å². The van der Waals surface area contributed by atoms with Crippen molar-refractivity contribution in [1.29, 1.82) is 0 Å². The summed E-state index contributed by atoms with van der Waals surface area (Å²) in [7, 11) is 0. The second kappa shape index (κ2) is 11.0. The van der Waals surface area contributed by atoms with Crippen molar-refractivity contribution in [3.05, 3.63) is 88.6 Å². The Labute approximate surface area is 196 Å². The van der Waals surface area contributed by atoms with Crippen LogP contribution in [0.1, 0.15) is 53.5 Å². The van der Waals surface area contributed by atoms with Crippen molar-refractivity contribution in [3.8, 4) is 5.75 Å². The van der Waals surface area contributed by atoms with Crippen molar-refractivity contribution in [3.63, 3.8) is 0 Å². The number of aryl methyl sites for hydroxylation is 1. The Kier molecular flexibility index (Phi) is 7.61. The molecule has 172 valence electrons. The summed E-state index contributed by atoms with van der Waals surface area (Å²) in [6, 6.07) is 18.6. The van der Waals surface area contributed by atoms with Gasteiger partial charge in [-0.1, -0.05) is 30.3 Å². The molecule has 0 radical (unpaired) electrons. The molecule has 2 aromatic carbocycles. The molecule has 5 heteroatoms. The van der Waals surface area contributed by atoms with E-state index in [1.807, 2.05) is 25.1 Å². The number of rotatable bonds is 9. The van der Waals surface area contributed by atoms with Gasteiger partial charge < -0.3 is 14.8 Å². The molecule has 33 heavy (non-hydrogen) atoms. The van der Waals surface area contributed by atoms with Gasteiger partial charge in [-0.05, 0) is 91.1 Å². The van der Waals surface area contributed by atoms with Gasteiger partial charge in [0, 0.05) is 12.7 Å². The average Bonchev–Trinajstić information content (AvgIpc) is 2.97. The number of benzene rings is 2. The number of hydrogen-bond acceptors (Lipinski definition) is 5. The number of anilines is 1. The molecule has 0 spiro atoms. The quantitative estimate of drug-likeness (QED) is 0.351. The Bertz CT molecular complexity index is 1080. The number of aromatic nitrogens is 1. The molecule has 1 heterocycles. The van der Waals surface area contributed by atoms with E-state index < -0.39 is 0 Å². The van der Waals surface area contributed by atoms with Gasteiger partial charge in [0.2, 0.25) is 0 Å². The Balaban J connectivity index is 1.43. The lowest BCUT2D eigenvalue weighted by atomic mass is 9.87. The molecule has 1 aromatic heterocycles. The monoisotopic (exact) mass is 444 g/mol. The number of carbonyl (C=O) groups excluding carboxylic acids is 1. The van der Waals surface area contributed by atoms with Crippen LogP contribution in [0.5, 0.6) is 5.75 Å². The van der Waals surface area contributed by atoms with Crippen LogP contribution in [0.4, 0.5) is 5.82 Å². The van der Waals surface area contributed by atoms with Gasteiger partial charge in [-0.3, -0.25) is 4.79 Å². The van der Waals surface area contributed by atoms with E-state index in [9.17, 15) is 4.79 Å². The zero-order valence-corrected chi connectivity index (χ0v) is 19.5. The minimum absolute atomic E-state index is 0.127. The second-order valence-electron chi connectivity index (χ2n) is 8.50. The number of esters is 1. The fourth-order valence-electron chi connectivity index (χ4n) is 4.52. The third-order valence-corrected chi connectivity index (χ3v) is 6.18. The maximum absolute atomic E-state index is 12.3. The van der Waals surface area contributed by atoms with E-state index in [1.165, 1.54) is 27.8 Å². The lowest BCUT2D eigenvalue weighted by molar-refractivity contribution is -0.143. The summed E-state index contributed by atoms with van der Waals surface area (Å²) < 4.78 is 11.3. The van der Waals surface area contributed by atoms with Crippen LogP contribution in [0.25, 0.3) is 0 Å². The topological polar surface area (TPSA) is 60.5 Å². The highest BCUT2D eigenvalue weighted by molar-refractivity contribution is 5.71. The molecule has 1 N–H and O–H groups in total. The Hall–Kier alpha value is -3.34. The van der Waals surface area contributed by atoms with E-state index >= 15 is 0 Å². The van der Waals surface area contributed by atoms with Gasteiger partial charge >= 0.3 is 5.97 Å². The molecule has 0 saturated carbocycles. The van der Waals surface area contributed by atoms with Gasteiger partial charge in [-0.25, -0.2) is 4.98 Å². The van der Waals surface area contributed by atoms with E-state index in [0.29, 0.717) is 19.6 Å². The number of hydrogen-bond donors (Lipinski definition) is 1. The van der Waals surface area contributed by atoms with Crippen molar-refractivity contribution in [2.24, 2.45) is 0 Å². The fourth-order valence-corrected chi connectivity index (χ4v) is 4.52. The fraction of sp³-hybridized carbons (Fsp3) is 0.357. The van der Waals surface area contributed by atoms with Crippen LogP contribution in [-0.2, 0) is 22.4 Å². The number of pyridine rings is 1. The molecule has 1 aliphatic rings. The molecule has 0 amide bonds. The maximum Gasteiger partial charge on any atom is 0.306 e. The van der Waals surface area contributed by atoms with Crippen LogP contribution >= 0.6 is 0 Å². The summed E-state index contributed by atoms with van der Waals surface area (Å²) in [4.78, 5) is 16.6. The Morgan fingerprint density at radius 3 is 2.85 bits per heavy atom. The molecule has 0 bridgehead atoms. The zero-order chi connectivity index (χ0) is 23.0. The SMILES string of the molecule is CCOC(=O)CC1Cc2ccc(OCCCNc3ccccn3)cc2Cc2c(C)cccc21. The van der Waals surface area contributed by atoms with Crippen LogP contribution in [0.15, 0.2) is 60.8 Å². The molecular formula is C28H32N2O3.